The van der Waals surface area contributed by atoms with Crippen molar-refractivity contribution < 1.29 is 38.0 Å². The summed E-state index contributed by atoms with van der Waals surface area (Å²) in [5, 5.41) is 0. The third-order valence-electron chi connectivity index (χ3n) is 7.68. The van der Waals surface area contributed by atoms with Gasteiger partial charge in [-0.15, -0.1) is 0 Å². The number of esters is 2. The molecule has 0 aliphatic carbocycles. The van der Waals surface area contributed by atoms with Crippen molar-refractivity contribution in [3.05, 3.63) is 157 Å². The zero-order valence-corrected chi connectivity index (χ0v) is 29.4. The quantitative estimate of drug-likeness (QED) is 0.0387. The molecule has 0 fully saturated rings. The second-order valence-corrected chi connectivity index (χ2v) is 11.7. The molecular weight excluding hydrogens is 656 g/mol. The Morgan fingerprint density at radius 2 is 0.846 bits per heavy atom. The topological polar surface area (TPSA) is 89.5 Å². The Labute approximate surface area is 304 Å². The predicted molar refractivity (Wildman–Crippen MR) is 201 cm³/mol. The molecule has 0 amide bonds. The molecule has 0 saturated heterocycles. The van der Waals surface area contributed by atoms with Gasteiger partial charge in [0.2, 0.25) is 0 Å². The molecule has 5 rings (SSSR count). The van der Waals surface area contributed by atoms with E-state index >= 15 is 0 Å². The van der Waals surface area contributed by atoms with Crippen molar-refractivity contribution in [1.82, 2.24) is 0 Å². The molecule has 0 bridgehead atoms. The van der Waals surface area contributed by atoms with E-state index in [1.54, 1.807) is 13.8 Å². The van der Waals surface area contributed by atoms with E-state index in [2.05, 4.69) is 0 Å². The highest BCUT2D eigenvalue weighted by Crippen LogP contribution is 2.27. The van der Waals surface area contributed by atoms with Gasteiger partial charge in [0.15, 0.2) is 11.5 Å². The van der Waals surface area contributed by atoms with Crippen molar-refractivity contribution >= 4 is 11.9 Å². The van der Waals surface area contributed by atoms with Gasteiger partial charge < -0.3 is 28.4 Å². The molecule has 5 aromatic carbocycles. The van der Waals surface area contributed by atoms with E-state index in [9.17, 15) is 9.59 Å². The van der Waals surface area contributed by atoms with Crippen molar-refractivity contribution in [2.75, 3.05) is 26.4 Å². The van der Waals surface area contributed by atoms with E-state index in [4.69, 9.17) is 28.4 Å². The van der Waals surface area contributed by atoms with Crippen molar-refractivity contribution in [3.8, 4) is 45.3 Å². The molecule has 0 saturated carbocycles. The molecule has 8 nitrogen and oxygen atoms in total. The number of para-hydroxylation sites is 2. The molecule has 5 aromatic rings. The third-order valence-corrected chi connectivity index (χ3v) is 7.68. The summed E-state index contributed by atoms with van der Waals surface area (Å²) in [4.78, 5) is 24.9. The minimum Gasteiger partial charge on any atom is -0.490 e. The maximum absolute atomic E-state index is 12.5. The lowest BCUT2D eigenvalue weighted by molar-refractivity contribution is -0.140. The highest BCUT2D eigenvalue weighted by molar-refractivity contribution is 5.88. The first-order valence-electron chi connectivity index (χ1n) is 17.1. The molecule has 8 heteroatoms. The van der Waals surface area contributed by atoms with E-state index in [-0.39, 0.29) is 13.2 Å². The summed E-state index contributed by atoms with van der Waals surface area (Å²) < 4.78 is 34.0. The first-order chi connectivity index (χ1) is 25.5. The molecule has 0 spiro atoms. The maximum Gasteiger partial charge on any atom is 0.336 e. The average Bonchev–Trinajstić information content (AvgIpc) is 3.20. The van der Waals surface area contributed by atoms with E-state index in [1.165, 1.54) is 12.5 Å². The van der Waals surface area contributed by atoms with E-state index in [0.29, 0.717) is 60.2 Å². The van der Waals surface area contributed by atoms with Crippen LogP contribution >= 0.6 is 0 Å². The van der Waals surface area contributed by atoms with Crippen molar-refractivity contribution in [1.29, 1.82) is 0 Å². The molecule has 52 heavy (non-hydrogen) atoms. The number of carbonyl (C=O) groups excluding carboxylic acids is 2. The summed E-state index contributed by atoms with van der Waals surface area (Å²) in [5.41, 5.74) is 4.89. The van der Waals surface area contributed by atoms with Gasteiger partial charge in [0.25, 0.3) is 0 Å². The van der Waals surface area contributed by atoms with Crippen LogP contribution in [0.4, 0.5) is 0 Å². The SMILES string of the molecule is CC(=COc1cccc(-c2ccccc2)c1)C(=O)OCCCOc1ccccc1OCCCOC(=O)C(C)=COc1cccc(-c2ccccc2)c1. The zero-order valence-electron chi connectivity index (χ0n) is 29.4. The fourth-order valence-corrected chi connectivity index (χ4v) is 4.90. The normalized spacial score (nSPS) is 11.3. The summed E-state index contributed by atoms with van der Waals surface area (Å²) in [7, 11) is 0. The largest absolute Gasteiger partial charge is 0.490 e. The van der Waals surface area contributed by atoms with Gasteiger partial charge in [-0.25, -0.2) is 9.59 Å². The minimum absolute atomic E-state index is 0.181. The number of benzene rings is 5. The zero-order chi connectivity index (χ0) is 36.4. The van der Waals surface area contributed by atoms with E-state index < -0.39 is 11.9 Å². The van der Waals surface area contributed by atoms with E-state index in [0.717, 1.165) is 22.3 Å². The van der Waals surface area contributed by atoms with Crippen LogP contribution in [0.5, 0.6) is 23.0 Å². The molecule has 266 valence electrons. The summed E-state index contributed by atoms with van der Waals surface area (Å²) in [6.45, 7) is 4.30. The van der Waals surface area contributed by atoms with Crippen LogP contribution < -0.4 is 18.9 Å². The smallest absolute Gasteiger partial charge is 0.336 e. The van der Waals surface area contributed by atoms with Gasteiger partial charge in [0.1, 0.15) is 24.0 Å². The van der Waals surface area contributed by atoms with Gasteiger partial charge >= 0.3 is 11.9 Å². The summed E-state index contributed by atoms with van der Waals surface area (Å²) in [6.07, 6.45) is 3.77. The Kier molecular flexibility index (Phi) is 14.1. The van der Waals surface area contributed by atoms with Crippen LogP contribution in [0.15, 0.2) is 157 Å². The van der Waals surface area contributed by atoms with Crippen LogP contribution in [-0.2, 0) is 19.1 Å². The van der Waals surface area contributed by atoms with Gasteiger partial charge in [0, 0.05) is 12.8 Å². The molecule has 0 aromatic heterocycles. The second kappa shape index (κ2) is 19.8. The van der Waals surface area contributed by atoms with Gasteiger partial charge in [-0.3, -0.25) is 0 Å². The van der Waals surface area contributed by atoms with Gasteiger partial charge in [-0.2, -0.15) is 0 Å². The monoisotopic (exact) mass is 698 g/mol. The predicted octanol–water partition coefficient (Wildman–Crippen LogP) is 9.61. The number of rotatable bonds is 18. The molecule has 0 radical (unpaired) electrons. The molecule has 0 atom stereocenters. The fourth-order valence-electron chi connectivity index (χ4n) is 4.90. The van der Waals surface area contributed by atoms with E-state index in [1.807, 2.05) is 133 Å². The number of carbonyl (C=O) groups is 2. The Bertz CT molecular complexity index is 1810. The Balaban J connectivity index is 0.967. The van der Waals surface area contributed by atoms with Crippen molar-refractivity contribution in [2.45, 2.75) is 26.7 Å². The maximum atomic E-state index is 12.5. The highest BCUT2D eigenvalue weighted by atomic mass is 16.5. The standard InChI is InChI=1S/C44H42O8/c1-33(31-51-39-21-11-19-37(29-39)35-15-5-3-6-16-35)43(45)49-27-13-25-47-41-23-9-10-24-42(41)48-26-14-28-50-44(46)34(2)32-52-40-22-12-20-38(30-40)36-17-7-4-8-18-36/h3-12,15-24,29-32H,13-14,25-28H2,1-2H3. The van der Waals surface area contributed by atoms with Crippen LogP contribution in [0.2, 0.25) is 0 Å². The number of ether oxygens (including phenoxy) is 6. The second-order valence-electron chi connectivity index (χ2n) is 11.7. The first kappa shape index (κ1) is 37.0. The van der Waals surface area contributed by atoms with Crippen molar-refractivity contribution in [2.24, 2.45) is 0 Å². The molecule has 0 unspecified atom stereocenters. The lowest BCUT2D eigenvalue weighted by atomic mass is 10.1. The minimum atomic E-state index is -0.463. The number of hydrogen-bond donors (Lipinski definition) is 0. The molecule has 0 aliphatic rings. The summed E-state index contributed by atoms with van der Waals surface area (Å²) in [6, 6.07) is 42.6. The molecule has 0 aliphatic heterocycles. The average molecular weight is 699 g/mol. The van der Waals surface area contributed by atoms with Gasteiger partial charge in [-0.1, -0.05) is 97.1 Å². The van der Waals surface area contributed by atoms with Gasteiger partial charge in [0.05, 0.1) is 37.6 Å². The lowest BCUT2D eigenvalue weighted by Crippen LogP contribution is -2.11. The van der Waals surface area contributed by atoms with Crippen LogP contribution in [0, 0.1) is 0 Å². The summed E-state index contributed by atoms with van der Waals surface area (Å²) in [5.74, 6) is 1.46. The third kappa shape index (κ3) is 11.7. The highest BCUT2D eigenvalue weighted by Gasteiger charge is 2.10. The van der Waals surface area contributed by atoms with Gasteiger partial charge in [-0.05, 0) is 72.5 Å². The fraction of sp³-hybridized carbons (Fsp3) is 0.182. The van der Waals surface area contributed by atoms with Crippen LogP contribution in [0.25, 0.3) is 22.3 Å². The van der Waals surface area contributed by atoms with Crippen molar-refractivity contribution in [3.63, 3.8) is 0 Å². The number of hydrogen-bond acceptors (Lipinski definition) is 8. The Morgan fingerprint density at radius 3 is 1.27 bits per heavy atom. The Morgan fingerprint density at radius 1 is 0.462 bits per heavy atom. The lowest BCUT2D eigenvalue weighted by Gasteiger charge is -2.13. The summed E-state index contributed by atoms with van der Waals surface area (Å²) >= 11 is 0. The molecule has 0 heterocycles. The Hall–Kier alpha value is -6.28. The van der Waals surface area contributed by atoms with Crippen LogP contribution in [-0.4, -0.2) is 38.4 Å². The van der Waals surface area contributed by atoms with Crippen LogP contribution in [0.1, 0.15) is 26.7 Å². The first-order valence-corrected chi connectivity index (χ1v) is 17.1. The molecular formula is C44H42O8. The van der Waals surface area contributed by atoms with Crippen LogP contribution in [0.3, 0.4) is 0 Å². The molecule has 0 N–H and O–H groups in total.